The second-order valence-corrected chi connectivity index (χ2v) is 5.04. The molecule has 2 heterocycles. The summed E-state index contributed by atoms with van der Waals surface area (Å²) in [4.78, 5) is 20.5. The van der Waals surface area contributed by atoms with Gasteiger partial charge in [0.1, 0.15) is 11.6 Å². The molecule has 22 heavy (non-hydrogen) atoms. The predicted molar refractivity (Wildman–Crippen MR) is 83.9 cm³/mol. The van der Waals surface area contributed by atoms with E-state index in [-0.39, 0.29) is 11.6 Å². The number of pyridine rings is 1. The first-order chi connectivity index (χ1) is 10.6. The highest BCUT2D eigenvalue weighted by Crippen LogP contribution is 2.22. The Bertz CT molecular complexity index is 798. The van der Waals surface area contributed by atoms with Crippen molar-refractivity contribution < 1.29 is 9.21 Å². The maximum absolute atomic E-state index is 12.3. The minimum absolute atomic E-state index is 0.232. The summed E-state index contributed by atoms with van der Waals surface area (Å²) >= 11 is 5.76. The molecule has 5 nitrogen and oxygen atoms in total. The Morgan fingerprint density at radius 3 is 2.64 bits per heavy atom. The van der Waals surface area contributed by atoms with Crippen LogP contribution in [-0.2, 0) is 0 Å². The first-order valence-corrected chi connectivity index (χ1v) is 6.97. The van der Waals surface area contributed by atoms with Gasteiger partial charge in [0.05, 0.1) is 5.02 Å². The summed E-state index contributed by atoms with van der Waals surface area (Å²) in [6.45, 7) is 1.70. The molecule has 3 aromatic rings. The monoisotopic (exact) mass is 313 g/mol. The van der Waals surface area contributed by atoms with Gasteiger partial charge < -0.3 is 9.73 Å². The number of anilines is 1. The van der Waals surface area contributed by atoms with Crippen LogP contribution >= 0.6 is 11.6 Å². The van der Waals surface area contributed by atoms with Crippen LogP contribution in [0.1, 0.15) is 16.2 Å². The van der Waals surface area contributed by atoms with Crippen LogP contribution in [0.4, 0.5) is 5.82 Å². The summed E-state index contributed by atoms with van der Waals surface area (Å²) in [5.74, 6) is 0.883. The Labute approximate surface area is 132 Å². The fourth-order valence-corrected chi connectivity index (χ4v) is 2.05. The van der Waals surface area contributed by atoms with E-state index < -0.39 is 0 Å². The van der Waals surface area contributed by atoms with Crippen molar-refractivity contribution in [2.24, 2.45) is 0 Å². The standard InChI is InChI=1S/C16H12ClN3O2/c1-10-14(15(21)19-13-8-7-12(17)9-18-13)20-16(22-10)11-5-3-2-4-6-11/h2-9H,1H3,(H,18,19,21). The second kappa shape index (κ2) is 5.99. The summed E-state index contributed by atoms with van der Waals surface area (Å²) in [5, 5.41) is 3.16. The summed E-state index contributed by atoms with van der Waals surface area (Å²) in [7, 11) is 0. The van der Waals surface area contributed by atoms with Crippen molar-refractivity contribution in [2.45, 2.75) is 6.92 Å². The van der Waals surface area contributed by atoms with E-state index in [1.165, 1.54) is 6.20 Å². The minimum Gasteiger partial charge on any atom is -0.441 e. The molecule has 0 aliphatic heterocycles. The minimum atomic E-state index is -0.377. The van der Waals surface area contributed by atoms with E-state index in [0.717, 1.165) is 5.56 Å². The number of rotatable bonds is 3. The predicted octanol–water partition coefficient (Wildman–Crippen LogP) is 3.95. The lowest BCUT2D eigenvalue weighted by Crippen LogP contribution is -2.14. The average molecular weight is 314 g/mol. The van der Waals surface area contributed by atoms with E-state index in [1.54, 1.807) is 19.1 Å². The largest absolute Gasteiger partial charge is 0.441 e. The van der Waals surface area contributed by atoms with Crippen LogP contribution in [0.25, 0.3) is 11.5 Å². The van der Waals surface area contributed by atoms with Crippen LogP contribution in [0, 0.1) is 6.92 Å². The molecule has 2 aromatic heterocycles. The third-order valence-corrected chi connectivity index (χ3v) is 3.22. The van der Waals surface area contributed by atoms with Crippen molar-refractivity contribution in [1.82, 2.24) is 9.97 Å². The van der Waals surface area contributed by atoms with Crippen molar-refractivity contribution in [2.75, 3.05) is 5.32 Å². The number of nitrogens with one attached hydrogen (secondary N) is 1. The number of oxazole rings is 1. The molecule has 0 saturated heterocycles. The highest BCUT2D eigenvalue weighted by Gasteiger charge is 2.18. The molecule has 0 aliphatic carbocycles. The average Bonchev–Trinajstić information content (AvgIpc) is 2.92. The van der Waals surface area contributed by atoms with Crippen molar-refractivity contribution in [3.8, 4) is 11.5 Å². The SMILES string of the molecule is Cc1oc(-c2ccccc2)nc1C(=O)Nc1ccc(Cl)cn1. The summed E-state index contributed by atoms with van der Waals surface area (Å²) in [5.41, 5.74) is 1.05. The van der Waals surface area contributed by atoms with E-state index >= 15 is 0 Å². The zero-order valence-electron chi connectivity index (χ0n) is 11.7. The second-order valence-electron chi connectivity index (χ2n) is 4.61. The van der Waals surface area contributed by atoms with Crippen molar-refractivity contribution >= 4 is 23.3 Å². The van der Waals surface area contributed by atoms with Gasteiger partial charge in [-0.25, -0.2) is 9.97 Å². The zero-order chi connectivity index (χ0) is 15.5. The van der Waals surface area contributed by atoms with Gasteiger partial charge in [-0.3, -0.25) is 4.79 Å². The Morgan fingerprint density at radius 1 is 1.18 bits per heavy atom. The van der Waals surface area contributed by atoms with Gasteiger partial charge in [0.2, 0.25) is 5.89 Å². The molecule has 0 atom stereocenters. The van der Waals surface area contributed by atoms with E-state index in [0.29, 0.717) is 22.5 Å². The van der Waals surface area contributed by atoms with Crippen molar-refractivity contribution in [1.29, 1.82) is 0 Å². The van der Waals surface area contributed by atoms with E-state index in [2.05, 4.69) is 15.3 Å². The Hall–Kier alpha value is -2.66. The summed E-state index contributed by atoms with van der Waals surface area (Å²) in [6, 6.07) is 12.7. The molecular formula is C16H12ClN3O2. The summed E-state index contributed by atoms with van der Waals surface area (Å²) < 4.78 is 5.57. The molecule has 3 rings (SSSR count). The fraction of sp³-hybridized carbons (Fsp3) is 0.0625. The number of benzene rings is 1. The number of carbonyl (C=O) groups excluding carboxylic acids is 1. The lowest BCUT2D eigenvalue weighted by molar-refractivity contribution is 0.102. The molecule has 0 saturated carbocycles. The van der Waals surface area contributed by atoms with Gasteiger partial charge in [-0.2, -0.15) is 0 Å². The molecule has 1 aromatic carbocycles. The van der Waals surface area contributed by atoms with Crippen LogP contribution < -0.4 is 5.32 Å². The van der Waals surface area contributed by atoms with Crippen molar-refractivity contribution in [3.05, 3.63) is 65.1 Å². The number of hydrogen-bond acceptors (Lipinski definition) is 4. The van der Waals surface area contributed by atoms with Crippen LogP contribution in [-0.4, -0.2) is 15.9 Å². The molecule has 1 amide bonds. The van der Waals surface area contributed by atoms with Gasteiger partial charge in [-0.1, -0.05) is 29.8 Å². The zero-order valence-corrected chi connectivity index (χ0v) is 12.5. The molecule has 0 fully saturated rings. The number of nitrogens with zero attached hydrogens (tertiary/aromatic N) is 2. The molecular weight excluding hydrogens is 302 g/mol. The van der Waals surface area contributed by atoms with E-state index in [9.17, 15) is 4.79 Å². The number of hydrogen-bond donors (Lipinski definition) is 1. The number of amides is 1. The third kappa shape index (κ3) is 2.99. The molecule has 110 valence electrons. The summed E-state index contributed by atoms with van der Waals surface area (Å²) in [6.07, 6.45) is 1.46. The van der Waals surface area contributed by atoms with E-state index in [4.69, 9.17) is 16.0 Å². The smallest absolute Gasteiger partial charge is 0.279 e. The first kappa shape index (κ1) is 14.3. The fourth-order valence-electron chi connectivity index (χ4n) is 1.94. The maximum atomic E-state index is 12.3. The number of carbonyl (C=O) groups is 1. The van der Waals surface area contributed by atoms with Gasteiger partial charge in [0.15, 0.2) is 5.69 Å². The highest BCUT2D eigenvalue weighted by molar-refractivity contribution is 6.30. The topological polar surface area (TPSA) is 68.0 Å². The van der Waals surface area contributed by atoms with Gasteiger partial charge >= 0.3 is 0 Å². The number of aryl methyl sites for hydroxylation is 1. The lowest BCUT2D eigenvalue weighted by Gasteiger charge is -2.01. The van der Waals surface area contributed by atoms with Crippen LogP contribution in [0.5, 0.6) is 0 Å². The molecule has 0 aliphatic rings. The highest BCUT2D eigenvalue weighted by atomic mass is 35.5. The molecule has 1 N–H and O–H groups in total. The maximum Gasteiger partial charge on any atom is 0.279 e. The van der Waals surface area contributed by atoms with Gasteiger partial charge in [-0.15, -0.1) is 0 Å². The number of aromatic nitrogens is 2. The molecule has 6 heteroatoms. The normalized spacial score (nSPS) is 10.5. The lowest BCUT2D eigenvalue weighted by atomic mass is 10.2. The Morgan fingerprint density at radius 2 is 1.95 bits per heavy atom. The van der Waals surface area contributed by atoms with E-state index in [1.807, 2.05) is 30.3 Å². The van der Waals surface area contributed by atoms with Gasteiger partial charge in [0.25, 0.3) is 5.91 Å². The molecule has 0 unspecified atom stereocenters. The Balaban J connectivity index is 1.84. The van der Waals surface area contributed by atoms with Gasteiger partial charge in [0, 0.05) is 11.8 Å². The number of halogens is 1. The van der Waals surface area contributed by atoms with Gasteiger partial charge in [-0.05, 0) is 31.2 Å². The first-order valence-electron chi connectivity index (χ1n) is 6.59. The van der Waals surface area contributed by atoms with Crippen molar-refractivity contribution in [3.63, 3.8) is 0 Å². The van der Waals surface area contributed by atoms with Crippen LogP contribution in [0.3, 0.4) is 0 Å². The van der Waals surface area contributed by atoms with Crippen LogP contribution in [0.15, 0.2) is 53.1 Å². The molecule has 0 bridgehead atoms. The molecule has 0 radical (unpaired) electrons. The molecule has 0 spiro atoms. The Kier molecular flexibility index (Phi) is 3.89. The third-order valence-electron chi connectivity index (χ3n) is 3.00. The quantitative estimate of drug-likeness (QED) is 0.795. The van der Waals surface area contributed by atoms with Crippen LogP contribution in [0.2, 0.25) is 5.02 Å².